The average molecular weight is 263 g/mol. The Morgan fingerprint density at radius 1 is 1.44 bits per heavy atom. The molecule has 3 atom stereocenters. The highest BCUT2D eigenvalue weighted by atomic mass is 35.5. The first kappa shape index (κ1) is 13.1. The number of hydrogen-bond donors (Lipinski definition) is 1. The van der Waals surface area contributed by atoms with Crippen LogP contribution in [0.15, 0.2) is 29.2 Å². The van der Waals surface area contributed by atoms with Gasteiger partial charge in [0.2, 0.25) is 0 Å². The predicted molar refractivity (Wildman–Crippen MR) is 62.8 cm³/mol. The van der Waals surface area contributed by atoms with Gasteiger partial charge in [-0.2, -0.15) is 0 Å². The van der Waals surface area contributed by atoms with Crippen LogP contribution in [0.3, 0.4) is 0 Å². The maximum absolute atomic E-state index is 11.8. The Bertz CT molecular complexity index is 408. The molecule has 2 N–H and O–H groups in total. The minimum atomic E-state index is -1.46. The Morgan fingerprint density at radius 2 is 1.94 bits per heavy atom. The van der Waals surface area contributed by atoms with Gasteiger partial charge in [-0.3, -0.25) is 14.3 Å². The first-order valence-corrected chi connectivity index (χ1v) is 6.13. The van der Waals surface area contributed by atoms with Crippen molar-refractivity contribution in [2.24, 2.45) is 5.73 Å². The number of hydrogen-bond acceptors (Lipinski definition) is 4. The molecule has 0 bridgehead atoms. The summed E-state index contributed by atoms with van der Waals surface area (Å²) in [4.78, 5) is 10.3. The van der Waals surface area contributed by atoms with Crippen molar-refractivity contribution in [2.45, 2.75) is 22.6 Å². The van der Waals surface area contributed by atoms with Gasteiger partial charge in [0.1, 0.15) is 5.37 Å². The van der Waals surface area contributed by atoms with E-state index in [2.05, 4.69) is 0 Å². The quantitative estimate of drug-likeness (QED) is 0.507. The summed E-state index contributed by atoms with van der Waals surface area (Å²) in [5, 5.41) is 9.28. The lowest BCUT2D eigenvalue weighted by atomic mass is 10.3. The summed E-state index contributed by atoms with van der Waals surface area (Å²) in [5.41, 5.74) is 5.58. The van der Waals surface area contributed by atoms with Crippen LogP contribution in [0.2, 0.25) is 0 Å². The van der Waals surface area contributed by atoms with E-state index in [0.29, 0.717) is 4.90 Å². The zero-order valence-corrected chi connectivity index (χ0v) is 10.1. The summed E-state index contributed by atoms with van der Waals surface area (Å²) in [6, 6.07) is 5.43. The summed E-state index contributed by atoms with van der Waals surface area (Å²) in [6.45, 7) is 1.65. The number of nitro groups is 1. The largest absolute Gasteiger partial charge is 0.316 e. The van der Waals surface area contributed by atoms with Gasteiger partial charge in [-0.1, -0.05) is 0 Å². The Labute approximate surface area is 100 Å². The van der Waals surface area contributed by atoms with Gasteiger partial charge in [-0.25, -0.2) is 0 Å². The molecular formula is C9H11ClN2O3S. The van der Waals surface area contributed by atoms with E-state index >= 15 is 0 Å². The van der Waals surface area contributed by atoms with Crippen molar-refractivity contribution in [3.8, 4) is 0 Å². The monoisotopic (exact) mass is 262 g/mol. The highest BCUT2D eigenvalue weighted by Crippen LogP contribution is 2.17. The summed E-state index contributed by atoms with van der Waals surface area (Å²) < 4.78 is 11.8. The molecule has 0 aliphatic carbocycles. The molecule has 0 aliphatic rings. The molecule has 1 aromatic carbocycles. The van der Waals surface area contributed by atoms with Crippen LogP contribution in [-0.2, 0) is 10.8 Å². The fourth-order valence-corrected chi connectivity index (χ4v) is 2.37. The zero-order chi connectivity index (χ0) is 12.3. The fourth-order valence-electron chi connectivity index (χ4n) is 1.03. The minimum absolute atomic E-state index is 0.0479. The standard InChI is InChI=1S/C9H11ClN2O3S/c1-6(10)9(11)16(15)8-4-2-7(3-5-8)12(13)14/h2-6,9H,11H2,1H3. The van der Waals surface area contributed by atoms with Gasteiger partial charge < -0.3 is 5.73 Å². The summed E-state index contributed by atoms with van der Waals surface area (Å²) in [6.07, 6.45) is 0. The van der Waals surface area contributed by atoms with Crippen molar-refractivity contribution in [1.29, 1.82) is 0 Å². The van der Waals surface area contributed by atoms with Crippen LogP contribution >= 0.6 is 11.6 Å². The van der Waals surface area contributed by atoms with E-state index in [1.807, 2.05) is 0 Å². The lowest BCUT2D eigenvalue weighted by Crippen LogP contribution is -2.33. The van der Waals surface area contributed by atoms with Gasteiger partial charge in [-0.05, 0) is 19.1 Å². The second-order valence-electron chi connectivity index (χ2n) is 3.19. The van der Waals surface area contributed by atoms with E-state index in [0.717, 1.165) is 0 Å². The molecule has 1 rings (SSSR count). The van der Waals surface area contributed by atoms with E-state index in [4.69, 9.17) is 17.3 Å². The molecule has 0 spiro atoms. The lowest BCUT2D eigenvalue weighted by Gasteiger charge is -2.13. The van der Waals surface area contributed by atoms with Gasteiger partial charge in [0.25, 0.3) is 5.69 Å². The first-order chi connectivity index (χ1) is 7.43. The van der Waals surface area contributed by atoms with Crippen molar-refractivity contribution < 1.29 is 9.13 Å². The second-order valence-corrected chi connectivity index (χ2v) is 5.49. The SMILES string of the molecule is CC(Cl)C(N)S(=O)c1ccc([N+](=O)[O-])cc1. The van der Waals surface area contributed by atoms with Crippen LogP contribution in [0.25, 0.3) is 0 Å². The van der Waals surface area contributed by atoms with E-state index in [1.165, 1.54) is 24.3 Å². The maximum Gasteiger partial charge on any atom is 0.269 e. The smallest absolute Gasteiger partial charge is 0.269 e. The molecule has 16 heavy (non-hydrogen) atoms. The highest BCUT2D eigenvalue weighted by Gasteiger charge is 2.19. The molecule has 5 nitrogen and oxygen atoms in total. The Kier molecular flexibility index (Phi) is 4.40. The molecule has 0 fully saturated rings. The third-order valence-electron chi connectivity index (χ3n) is 1.98. The molecule has 88 valence electrons. The highest BCUT2D eigenvalue weighted by molar-refractivity contribution is 7.85. The lowest BCUT2D eigenvalue weighted by molar-refractivity contribution is -0.384. The number of non-ortho nitro benzene ring substituents is 1. The Hall–Kier alpha value is -0.980. The topological polar surface area (TPSA) is 86.2 Å². The van der Waals surface area contributed by atoms with Gasteiger partial charge in [0, 0.05) is 17.0 Å². The number of nitrogens with two attached hydrogens (primary N) is 1. The van der Waals surface area contributed by atoms with Crippen molar-refractivity contribution >= 4 is 28.1 Å². The van der Waals surface area contributed by atoms with Crippen LogP contribution < -0.4 is 5.73 Å². The van der Waals surface area contributed by atoms with Crippen LogP contribution in [0.5, 0.6) is 0 Å². The van der Waals surface area contributed by atoms with Gasteiger partial charge in [0.15, 0.2) is 0 Å². The zero-order valence-electron chi connectivity index (χ0n) is 8.50. The molecule has 0 heterocycles. The Balaban J connectivity index is 2.90. The van der Waals surface area contributed by atoms with Crippen molar-refractivity contribution in [2.75, 3.05) is 0 Å². The van der Waals surface area contributed by atoms with Crippen molar-refractivity contribution in [3.05, 3.63) is 34.4 Å². The van der Waals surface area contributed by atoms with Crippen LogP contribution in [0, 0.1) is 10.1 Å². The van der Waals surface area contributed by atoms with Gasteiger partial charge in [-0.15, -0.1) is 11.6 Å². The van der Waals surface area contributed by atoms with Gasteiger partial charge in [0.05, 0.1) is 21.1 Å². The number of nitro benzene ring substituents is 1. The number of alkyl halides is 1. The average Bonchev–Trinajstić information content (AvgIpc) is 2.27. The minimum Gasteiger partial charge on any atom is -0.316 e. The van der Waals surface area contributed by atoms with Gasteiger partial charge >= 0.3 is 0 Å². The van der Waals surface area contributed by atoms with E-state index in [-0.39, 0.29) is 5.69 Å². The normalized spacial score (nSPS) is 16.4. The molecule has 0 aromatic heterocycles. The van der Waals surface area contributed by atoms with Crippen LogP contribution in [0.1, 0.15) is 6.92 Å². The summed E-state index contributed by atoms with van der Waals surface area (Å²) >= 11 is 5.73. The molecular weight excluding hydrogens is 252 g/mol. The molecule has 7 heteroatoms. The number of halogens is 1. The molecule has 0 amide bonds. The van der Waals surface area contributed by atoms with Crippen molar-refractivity contribution in [3.63, 3.8) is 0 Å². The third kappa shape index (κ3) is 3.01. The molecule has 0 aliphatic heterocycles. The van der Waals surface area contributed by atoms with Crippen LogP contribution in [-0.4, -0.2) is 19.9 Å². The third-order valence-corrected chi connectivity index (χ3v) is 4.04. The van der Waals surface area contributed by atoms with Crippen molar-refractivity contribution in [1.82, 2.24) is 0 Å². The predicted octanol–water partition coefficient (Wildman–Crippen LogP) is 1.61. The molecule has 3 unspecified atom stereocenters. The number of nitrogens with zero attached hydrogens (tertiary/aromatic N) is 1. The Morgan fingerprint density at radius 3 is 2.31 bits per heavy atom. The van der Waals surface area contributed by atoms with E-state index < -0.39 is 26.5 Å². The second kappa shape index (κ2) is 5.38. The molecule has 1 aromatic rings. The number of benzene rings is 1. The molecule has 0 saturated heterocycles. The van der Waals surface area contributed by atoms with E-state index in [9.17, 15) is 14.3 Å². The summed E-state index contributed by atoms with van der Waals surface area (Å²) in [5.74, 6) is 0. The maximum atomic E-state index is 11.8. The fraction of sp³-hybridized carbons (Fsp3) is 0.333. The summed E-state index contributed by atoms with van der Waals surface area (Å²) in [7, 11) is -1.46. The number of rotatable bonds is 4. The first-order valence-electron chi connectivity index (χ1n) is 4.48. The van der Waals surface area contributed by atoms with Crippen LogP contribution in [0.4, 0.5) is 5.69 Å². The van der Waals surface area contributed by atoms with E-state index in [1.54, 1.807) is 6.92 Å². The molecule has 0 radical (unpaired) electrons. The molecule has 0 saturated carbocycles.